The first-order valence-electron chi connectivity index (χ1n) is 5.86. The van der Waals surface area contributed by atoms with Gasteiger partial charge in [-0.25, -0.2) is 0 Å². The van der Waals surface area contributed by atoms with Crippen LogP contribution in [0.2, 0.25) is 0 Å². The van der Waals surface area contributed by atoms with E-state index in [0.29, 0.717) is 6.04 Å². The molecule has 1 aromatic carbocycles. The van der Waals surface area contributed by atoms with Gasteiger partial charge in [-0.2, -0.15) is 0 Å². The number of hydrogen-bond donors (Lipinski definition) is 0. The fraction of sp³-hybridized carbons (Fsp3) is 0.538. The lowest BCUT2D eigenvalue weighted by Gasteiger charge is -2.26. The van der Waals surface area contributed by atoms with Crippen molar-refractivity contribution in [3.05, 3.63) is 23.8 Å². The molecule has 0 radical (unpaired) electrons. The smallest absolute Gasteiger partial charge is 0.0412 e. The minimum Gasteiger partial charge on any atom is -0.374 e. The lowest BCUT2D eigenvalue weighted by atomic mass is 10.0. The van der Waals surface area contributed by atoms with Gasteiger partial charge in [-0.15, -0.1) is 9.24 Å². The van der Waals surface area contributed by atoms with E-state index in [1.807, 2.05) is 0 Å². The van der Waals surface area contributed by atoms with Crippen LogP contribution in [-0.4, -0.2) is 32.6 Å². The summed E-state index contributed by atoms with van der Waals surface area (Å²) < 4.78 is 0. The van der Waals surface area contributed by atoms with Crippen molar-refractivity contribution in [2.45, 2.75) is 18.9 Å². The average molecular weight is 236 g/mol. The fourth-order valence-electron chi connectivity index (χ4n) is 2.52. The van der Waals surface area contributed by atoms with Crippen molar-refractivity contribution in [1.29, 1.82) is 0 Å². The van der Waals surface area contributed by atoms with E-state index in [0.717, 1.165) is 6.54 Å². The van der Waals surface area contributed by atoms with Crippen molar-refractivity contribution in [3.8, 4) is 0 Å². The zero-order valence-corrected chi connectivity index (χ0v) is 11.6. The lowest BCUT2D eigenvalue weighted by Crippen LogP contribution is -2.21. The molecule has 0 saturated carbocycles. The lowest BCUT2D eigenvalue weighted by molar-refractivity contribution is 0.284. The first kappa shape index (κ1) is 11.9. The van der Waals surface area contributed by atoms with E-state index in [-0.39, 0.29) is 0 Å². The summed E-state index contributed by atoms with van der Waals surface area (Å²) in [5.41, 5.74) is 2.86. The molecule has 1 aliphatic rings. The molecule has 1 aliphatic heterocycles. The number of fused-ring (bicyclic) bond motifs is 1. The molecule has 2 atom stereocenters. The third kappa shape index (κ3) is 2.23. The van der Waals surface area contributed by atoms with E-state index in [2.05, 4.69) is 58.4 Å². The molecule has 0 fully saturated rings. The zero-order valence-electron chi connectivity index (χ0n) is 10.4. The Balaban J connectivity index is 2.48. The van der Waals surface area contributed by atoms with Gasteiger partial charge in [0.15, 0.2) is 0 Å². The normalized spacial score (nSPS) is 20.8. The summed E-state index contributed by atoms with van der Waals surface area (Å²) in [6.07, 6.45) is 2.51. The Bertz CT molecular complexity index is 376. The molecule has 0 amide bonds. The molecular formula is C13H21N2P. The molecule has 0 aromatic heterocycles. The molecule has 1 heterocycles. The molecule has 2 unspecified atom stereocenters. The van der Waals surface area contributed by atoms with Gasteiger partial charge in [0.05, 0.1) is 0 Å². The summed E-state index contributed by atoms with van der Waals surface area (Å²) in [5, 5.41) is 1.28. The number of hydrogen-bond acceptors (Lipinski definition) is 2. The van der Waals surface area contributed by atoms with Gasteiger partial charge in [0.2, 0.25) is 0 Å². The van der Waals surface area contributed by atoms with Crippen LogP contribution in [-0.2, 0) is 0 Å². The summed E-state index contributed by atoms with van der Waals surface area (Å²) in [5.74, 6) is 0. The Morgan fingerprint density at radius 3 is 2.81 bits per heavy atom. The minimum absolute atomic E-state index is 0.556. The minimum atomic E-state index is 0.556. The maximum Gasteiger partial charge on any atom is 0.0412 e. The standard InChI is InChI=1S/C13H21N2P/c1-14(2)12-5-4-8-15(3)13-7-6-10(16)9-11(12)13/h6-7,9,12H,4-5,8,16H2,1-3H3. The van der Waals surface area contributed by atoms with E-state index >= 15 is 0 Å². The third-order valence-electron chi connectivity index (χ3n) is 3.42. The molecular weight excluding hydrogens is 215 g/mol. The monoisotopic (exact) mass is 236 g/mol. The van der Waals surface area contributed by atoms with Gasteiger partial charge in [-0.1, -0.05) is 6.07 Å². The van der Waals surface area contributed by atoms with E-state index in [4.69, 9.17) is 0 Å². The molecule has 3 heteroatoms. The molecule has 2 nitrogen and oxygen atoms in total. The average Bonchev–Trinajstić information content (AvgIpc) is 2.38. The molecule has 0 N–H and O–H groups in total. The van der Waals surface area contributed by atoms with Crippen LogP contribution in [0.15, 0.2) is 18.2 Å². The van der Waals surface area contributed by atoms with Crippen LogP contribution >= 0.6 is 9.24 Å². The first-order valence-corrected chi connectivity index (χ1v) is 6.44. The molecule has 0 aliphatic carbocycles. The van der Waals surface area contributed by atoms with Crippen LogP contribution in [0.25, 0.3) is 0 Å². The number of anilines is 1. The van der Waals surface area contributed by atoms with Crippen molar-refractivity contribution < 1.29 is 0 Å². The van der Waals surface area contributed by atoms with Gasteiger partial charge in [0, 0.05) is 25.3 Å². The highest BCUT2D eigenvalue weighted by atomic mass is 31.0. The van der Waals surface area contributed by atoms with E-state index in [1.165, 1.54) is 29.4 Å². The largest absolute Gasteiger partial charge is 0.374 e. The van der Waals surface area contributed by atoms with Crippen molar-refractivity contribution >= 4 is 20.2 Å². The molecule has 16 heavy (non-hydrogen) atoms. The summed E-state index contributed by atoms with van der Waals surface area (Å²) in [6, 6.07) is 7.30. The second-order valence-electron chi connectivity index (χ2n) is 4.86. The van der Waals surface area contributed by atoms with E-state index in [1.54, 1.807) is 0 Å². The first-order chi connectivity index (χ1) is 7.59. The Morgan fingerprint density at radius 1 is 1.38 bits per heavy atom. The second-order valence-corrected chi connectivity index (χ2v) is 5.53. The highest BCUT2D eigenvalue weighted by Crippen LogP contribution is 2.34. The third-order valence-corrected chi connectivity index (χ3v) is 3.78. The Hall–Kier alpha value is -0.590. The van der Waals surface area contributed by atoms with Gasteiger partial charge >= 0.3 is 0 Å². The highest BCUT2D eigenvalue weighted by molar-refractivity contribution is 7.27. The van der Waals surface area contributed by atoms with Crippen LogP contribution < -0.4 is 10.2 Å². The van der Waals surface area contributed by atoms with Crippen molar-refractivity contribution in [2.75, 3.05) is 32.6 Å². The quantitative estimate of drug-likeness (QED) is 0.688. The van der Waals surface area contributed by atoms with Crippen LogP contribution in [0.5, 0.6) is 0 Å². The summed E-state index contributed by atoms with van der Waals surface area (Å²) >= 11 is 0. The number of nitrogens with zero attached hydrogens (tertiary/aromatic N) is 2. The molecule has 1 aromatic rings. The SMILES string of the molecule is CN1CCCC(N(C)C)c2cc(P)ccc21. The van der Waals surface area contributed by atoms with Crippen LogP contribution in [0.4, 0.5) is 5.69 Å². The second kappa shape index (κ2) is 4.73. The molecule has 0 spiro atoms. The van der Waals surface area contributed by atoms with Crippen LogP contribution in [0.1, 0.15) is 24.4 Å². The topological polar surface area (TPSA) is 6.48 Å². The van der Waals surface area contributed by atoms with Gasteiger partial charge in [0.25, 0.3) is 0 Å². The predicted molar refractivity (Wildman–Crippen MR) is 74.7 cm³/mol. The Labute approximate surface area is 101 Å². The van der Waals surface area contributed by atoms with Crippen LogP contribution in [0, 0.1) is 0 Å². The van der Waals surface area contributed by atoms with Gasteiger partial charge < -0.3 is 9.80 Å². The van der Waals surface area contributed by atoms with Crippen molar-refractivity contribution in [1.82, 2.24) is 4.90 Å². The van der Waals surface area contributed by atoms with Gasteiger partial charge in [-0.3, -0.25) is 0 Å². The zero-order chi connectivity index (χ0) is 11.7. The maximum absolute atomic E-state index is 2.80. The number of benzene rings is 1. The maximum atomic E-state index is 2.80. The summed E-state index contributed by atoms with van der Waals surface area (Å²) in [7, 11) is 9.34. The molecule has 0 bridgehead atoms. The van der Waals surface area contributed by atoms with Gasteiger partial charge in [-0.05, 0) is 49.9 Å². The highest BCUT2D eigenvalue weighted by Gasteiger charge is 2.22. The fourth-order valence-corrected chi connectivity index (χ4v) is 2.80. The summed E-state index contributed by atoms with van der Waals surface area (Å²) in [6.45, 7) is 1.16. The van der Waals surface area contributed by atoms with Gasteiger partial charge in [0.1, 0.15) is 0 Å². The van der Waals surface area contributed by atoms with Crippen molar-refractivity contribution in [3.63, 3.8) is 0 Å². The number of rotatable bonds is 1. The van der Waals surface area contributed by atoms with Crippen molar-refractivity contribution in [2.24, 2.45) is 0 Å². The van der Waals surface area contributed by atoms with Crippen LogP contribution in [0.3, 0.4) is 0 Å². The predicted octanol–water partition coefficient (Wildman–Crippen LogP) is 2.02. The summed E-state index contributed by atoms with van der Waals surface area (Å²) in [4.78, 5) is 4.71. The molecule has 0 saturated heterocycles. The molecule has 88 valence electrons. The Kier molecular flexibility index (Phi) is 3.51. The molecule has 2 rings (SSSR count). The van der Waals surface area contributed by atoms with E-state index in [9.17, 15) is 0 Å². The Morgan fingerprint density at radius 2 is 2.12 bits per heavy atom. The van der Waals surface area contributed by atoms with E-state index < -0.39 is 0 Å².